The zero-order valence-corrected chi connectivity index (χ0v) is 21.2. The first-order valence-corrected chi connectivity index (χ1v) is 13.1. The lowest BCUT2D eigenvalue weighted by Crippen LogP contribution is -2.33. The summed E-state index contributed by atoms with van der Waals surface area (Å²) >= 11 is 0. The van der Waals surface area contributed by atoms with Gasteiger partial charge in [-0.15, -0.1) is 0 Å². The predicted molar refractivity (Wildman–Crippen MR) is 146 cm³/mol. The fourth-order valence-electron chi connectivity index (χ4n) is 5.21. The Morgan fingerprint density at radius 3 is 2.54 bits per heavy atom. The molecule has 0 atom stereocenters. The van der Waals surface area contributed by atoms with Crippen LogP contribution in [0.1, 0.15) is 46.5 Å². The minimum atomic E-state index is -0.134. The van der Waals surface area contributed by atoms with Crippen LogP contribution in [0.2, 0.25) is 0 Å². The van der Waals surface area contributed by atoms with E-state index in [9.17, 15) is 4.79 Å². The largest absolute Gasteiger partial charge is 0.492 e. The molecule has 5 heteroatoms. The number of hydrogen-bond donors (Lipinski definition) is 0. The number of ether oxygens (including phenoxy) is 2. The van der Waals surface area contributed by atoms with Crippen molar-refractivity contribution in [1.82, 2.24) is 4.90 Å². The van der Waals surface area contributed by atoms with Crippen LogP contribution >= 0.6 is 0 Å². The van der Waals surface area contributed by atoms with Crippen molar-refractivity contribution in [3.05, 3.63) is 95.5 Å². The van der Waals surface area contributed by atoms with Gasteiger partial charge in [-0.1, -0.05) is 48.4 Å². The summed E-state index contributed by atoms with van der Waals surface area (Å²) < 4.78 is 18.0. The number of nitrogens with zero attached hydrogens (tertiary/aromatic N) is 1. The van der Waals surface area contributed by atoms with Gasteiger partial charge in [-0.3, -0.25) is 9.69 Å². The third-order valence-electron chi connectivity index (χ3n) is 7.29. The molecule has 1 fully saturated rings. The molecule has 0 bridgehead atoms. The van der Waals surface area contributed by atoms with Crippen LogP contribution in [0.25, 0.3) is 22.1 Å². The number of carbonyl (C=O) groups excluding carboxylic acids is 1. The van der Waals surface area contributed by atoms with Crippen molar-refractivity contribution >= 4 is 16.8 Å². The molecule has 0 unspecified atom stereocenters. The van der Waals surface area contributed by atoms with Crippen molar-refractivity contribution in [3.63, 3.8) is 0 Å². The molecule has 0 N–H and O–H groups in total. The molecule has 5 nitrogen and oxygen atoms in total. The van der Waals surface area contributed by atoms with Crippen LogP contribution in [0.5, 0.6) is 11.5 Å². The van der Waals surface area contributed by atoms with Gasteiger partial charge in [-0.2, -0.15) is 0 Å². The molecule has 3 aromatic carbocycles. The summed E-state index contributed by atoms with van der Waals surface area (Å²) in [6.07, 6.45) is 8.36. The lowest BCUT2D eigenvalue weighted by Gasteiger charge is -2.26. The van der Waals surface area contributed by atoms with E-state index < -0.39 is 0 Å². The molecule has 2 aliphatic heterocycles. The Hall–Kier alpha value is -3.83. The zero-order valence-electron chi connectivity index (χ0n) is 21.2. The van der Waals surface area contributed by atoms with Gasteiger partial charge in [0.05, 0.1) is 6.26 Å². The quantitative estimate of drug-likeness (QED) is 0.261. The van der Waals surface area contributed by atoms with Gasteiger partial charge in [0.2, 0.25) is 5.78 Å². The summed E-state index contributed by atoms with van der Waals surface area (Å²) in [4.78, 5) is 16.1. The number of ketones is 1. The van der Waals surface area contributed by atoms with E-state index >= 15 is 0 Å². The van der Waals surface area contributed by atoms with Gasteiger partial charge in [-0.05, 0) is 74.7 Å². The number of benzene rings is 3. The van der Waals surface area contributed by atoms with E-state index in [2.05, 4.69) is 11.0 Å². The predicted octanol–water partition coefficient (Wildman–Crippen LogP) is 6.95. The van der Waals surface area contributed by atoms with Crippen molar-refractivity contribution in [3.8, 4) is 22.6 Å². The number of hydrogen-bond acceptors (Lipinski definition) is 5. The summed E-state index contributed by atoms with van der Waals surface area (Å²) in [6, 6.07) is 19.6. The summed E-state index contributed by atoms with van der Waals surface area (Å²) in [5.74, 6) is 1.80. The van der Waals surface area contributed by atoms with Crippen molar-refractivity contribution < 1.29 is 18.7 Å². The smallest absolute Gasteiger partial charge is 0.228 e. The van der Waals surface area contributed by atoms with Crippen LogP contribution in [0.3, 0.4) is 0 Å². The molecule has 0 amide bonds. The molecule has 0 aliphatic carbocycles. The Balaban J connectivity index is 1.33. The second-order valence-corrected chi connectivity index (χ2v) is 9.93. The van der Waals surface area contributed by atoms with Gasteiger partial charge in [0.1, 0.15) is 23.7 Å². The van der Waals surface area contributed by atoms with Gasteiger partial charge in [0, 0.05) is 29.1 Å². The van der Waals surface area contributed by atoms with Crippen molar-refractivity contribution in [2.45, 2.75) is 32.6 Å². The highest BCUT2D eigenvalue weighted by Crippen LogP contribution is 2.40. The van der Waals surface area contributed by atoms with Crippen molar-refractivity contribution in [2.75, 3.05) is 26.2 Å². The molecule has 1 saturated heterocycles. The fraction of sp³-hybridized carbons (Fsp3) is 0.281. The third-order valence-corrected chi connectivity index (χ3v) is 7.29. The maximum absolute atomic E-state index is 13.6. The van der Waals surface area contributed by atoms with E-state index in [-0.39, 0.29) is 5.78 Å². The number of aryl methyl sites for hydroxylation is 1. The Bertz CT molecular complexity index is 1440. The molecule has 1 aromatic heterocycles. The molecule has 2 aliphatic rings. The summed E-state index contributed by atoms with van der Waals surface area (Å²) in [5, 5.41) is 0.909. The molecule has 6 rings (SSSR count). The zero-order chi connectivity index (χ0) is 25.2. The molecule has 3 heterocycles. The average molecular weight is 494 g/mol. The van der Waals surface area contributed by atoms with Gasteiger partial charge >= 0.3 is 0 Å². The Labute approximate surface area is 217 Å². The number of carbonyl (C=O) groups is 1. The lowest BCUT2D eigenvalue weighted by atomic mass is 9.96. The first kappa shape index (κ1) is 23.6. The third kappa shape index (κ3) is 4.92. The van der Waals surface area contributed by atoms with Crippen LogP contribution in [0, 0.1) is 6.92 Å². The van der Waals surface area contributed by atoms with E-state index in [1.165, 1.54) is 19.3 Å². The molecule has 37 heavy (non-hydrogen) atoms. The molecule has 0 radical (unpaired) electrons. The fourth-order valence-corrected chi connectivity index (χ4v) is 5.21. The summed E-state index contributed by atoms with van der Waals surface area (Å²) in [6.45, 7) is 5.96. The SMILES string of the molecule is Cc1ccc(C(=O)c2oc3cc4c(cc3c2-c2ccc(OCCN3CCCCC3)cc2)CC=CO4)cc1. The molecule has 0 saturated carbocycles. The normalized spacial score (nSPS) is 15.4. The Morgan fingerprint density at radius 1 is 0.973 bits per heavy atom. The monoisotopic (exact) mass is 493 g/mol. The van der Waals surface area contributed by atoms with Gasteiger partial charge in [-0.25, -0.2) is 0 Å². The van der Waals surface area contributed by atoms with Crippen molar-refractivity contribution in [2.24, 2.45) is 0 Å². The second-order valence-electron chi connectivity index (χ2n) is 9.93. The number of likely N-dealkylation sites (tertiary alicyclic amines) is 1. The van der Waals surface area contributed by atoms with E-state index in [0.717, 1.165) is 65.2 Å². The molecule has 188 valence electrons. The number of piperidine rings is 1. The highest BCUT2D eigenvalue weighted by Gasteiger charge is 2.25. The summed E-state index contributed by atoms with van der Waals surface area (Å²) in [7, 11) is 0. The molecule has 0 spiro atoms. The van der Waals surface area contributed by atoms with E-state index in [1.54, 1.807) is 6.26 Å². The van der Waals surface area contributed by atoms with E-state index in [4.69, 9.17) is 13.9 Å². The molecular formula is C32H31NO4. The lowest BCUT2D eigenvalue weighted by molar-refractivity contribution is 0.101. The number of allylic oxidation sites excluding steroid dienone is 1. The highest BCUT2D eigenvalue weighted by atomic mass is 16.5. The number of fused-ring (bicyclic) bond motifs is 2. The minimum absolute atomic E-state index is 0.134. The number of furan rings is 1. The Kier molecular flexibility index (Phi) is 6.54. The maximum Gasteiger partial charge on any atom is 0.228 e. The minimum Gasteiger partial charge on any atom is -0.492 e. The van der Waals surface area contributed by atoms with Gasteiger partial charge in [0.25, 0.3) is 0 Å². The average Bonchev–Trinajstić information content (AvgIpc) is 3.31. The van der Waals surface area contributed by atoms with Crippen molar-refractivity contribution in [1.29, 1.82) is 0 Å². The van der Waals surface area contributed by atoms with Crippen LogP contribution in [-0.4, -0.2) is 36.9 Å². The first-order valence-electron chi connectivity index (χ1n) is 13.1. The van der Waals surface area contributed by atoms with Gasteiger partial charge in [0.15, 0.2) is 5.76 Å². The first-order chi connectivity index (χ1) is 18.2. The maximum atomic E-state index is 13.6. The van der Waals surface area contributed by atoms with Crippen LogP contribution in [0.15, 0.2) is 77.4 Å². The topological polar surface area (TPSA) is 51.9 Å². The highest BCUT2D eigenvalue weighted by molar-refractivity contribution is 6.16. The van der Waals surface area contributed by atoms with Gasteiger partial charge < -0.3 is 13.9 Å². The molecular weight excluding hydrogens is 462 g/mol. The van der Waals surface area contributed by atoms with Crippen LogP contribution < -0.4 is 9.47 Å². The Morgan fingerprint density at radius 2 is 1.76 bits per heavy atom. The molecule has 4 aromatic rings. The van der Waals surface area contributed by atoms with Crippen LogP contribution in [0.4, 0.5) is 0 Å². The van der Waals surface area contributed by atoms with E-state index in [0.29, 0.717) is 23.5 Å². The van der Waals surface area contributed by atoms with Crippen LogP contribution in [-0.2, 0) is 6.42 Å². The standard InChI is InChI=1S/C32H31NO4/c1-22-7-9-24(10-8-22)31(34)32-30(27-20-25-6-5-18-36-28(25)21-29(27)37-32)23-11-13-26(14-12-23)35-19-17-33-15-3-2-4-16-33/h5,7-14,18,20-21H,2-4,6,15-17,19H2,1H3. The second kappa shape index (κ2) is 10.3. The van der Waals surface area contributed by atoms with E-state index in [1.807, 2.05) is 67.6 Å². The number of rotatable bonds is 7. The summed E-state index contributed by atoms with van der Waals surface area (Å²) in [5.41, 5.74) is 5.15.